The Morgan fingerprint density at radius 3 is 2.61 bits per heavy atom. The van der Waals surface area contributed by atoms with E-state index >= 15 is 0 Å². The number of rotatable bonds is 4. The molecule has 8 heteroatoms. The number of β-amino-alcohol motifs (C(OH)–C–C–N with tert-alkyl or cyclic N) is 1. The number of hydrogen-bond acceptors (Lipinski definition) is 4. The third-order valence-corrected chi connectivity index (χ3v) is 2.68. The average Bonchev–Trinajstić information content (AvgIpc) is 2.27. The summed E-state index contributed by atoms with van der Waals surface area (Å²) >= 11 is 0. The minimum absolute atomic E-state index is 0.161. The molecular weight excluding hydrogens is 242 g/mol. The van der Waals surface area contributed by atoms with Gasteiger partial charge in [-0.25, -0.2) is 9.59 Å². The van der Waals surface area contributed by atoms with Crippen molar-refractivity contribution in [2.75, 3.05) is 13.1 Å². The van der Waals surface area contributed by atoms with Crippen molar-refractivity contribution in [3.05, 3.63) is 0 Å². The third-order valence-electron chi connectivity index (χ3n) is 2.68. The molecule has 0 bridgehead atoms. The molecule has 102 valence electrons. The summed E-state index contributed by atoms with van der Waals surface area (Å²) in [6.07, 6.45) is 0.219. The number of aliphatic hydroxyl groups is 1. The number of carboxylic acids is 1. The van der Waals surface area contributed by atoms with Crippen molar-refractivity contribution in [1.82, 2.24) is 10.2 Å². The molecule has 1 aliphatic rings. The van der Waals surface area contributed by atoms with Crippen molar-refractivity contribution in [2.45, 2.75) is 31.4 Å². The van der Waals surface area contributed by atoms with E-state index in [1.54, 1.807) is 0 Å². The van der Waals surface area contributed by atoms with Gasteiger partial charge >= 0.3 is 12.0 Å². The lowest BCUT2D eigenvalue weighted by Crippen LogP contribution is -2.52. The highest BCUT2D eigenvalue weighted by atomic mass is 16.4. The van der Waals surface area contributed by atoms with Crippen LogP contribution in [0, 0.1) is 0 Å². The second-order valence-electron chi connectivity index (χ2n) is 4.25. The number of nitrogens with one attached hydrogen (secondary N) is 1. The molecule has 1 aliphatic heterocycles. The van der Waals surface area contributed by atoms with Crippen LogP contribution in [0.1, 0.15) is 19.3 Å². The summed E-state index contributed by atoms with van der Waals surface area (Å²) in [5, 5.41) is 20.4. The Labute approximate surface area is 104 Å². The van der Waals surface area contributed by atoms with Crippen LogP contribution in [0.4, 0.5) is 4.79 Å². The lowest BCUT2D eigenvalue weighted by molar-refractivity contribution is -0.141. The number of carbonyl (C=O) groups is 3. The summed E-state index contributed by atoms with van der Waals surface area (Å²) in [6, 6.07) is -1.95. The first-order valence-electron chi connectivity index (χ1n) is 5.64. The number of likely N-dealkylation sites (tertiary alicyclic amines) is 1. The van der Waals surface area contributed by atoms with Gasteiger partial charge in [-0.3, -0.25) is 4.79 Å². The molecule has 0 aliphatic carbocycles. The highest BCUT2D eigenvalue weighted by Crippen LogP contribution is 2.10. The quantitative estimate of drug-likeness (QED) is 0.486. The van der Waals surface area contributed by atoms with Crippen molar-refractivity contribution in [3.63, 3.8) is 0 Å². The van der Waals surface area contributed by atoms with Crippen LogP contribution < -0.4 is 11.1 Å². The number of urea groups is 1. The molecule has 5 N–H and O–H groups in total. The van der Waals surface area contributed by atoms with Gasteiger partial charge in [-0.1, -0.05) is 0 Å². The van der Waals surface area contributed by atoms with Gasteiger partial charge in [-0.15, -0.1) is 0 Å². The van der Waals surface area contributed by atoms with Gasteiger partial charge in [0.25, 0.3) is 0 Å². The Morgan fingerprint density at radius 1 is 1.44 bits per heavy atom. The Morgan fingerprint density at radius 2 is 2.11 bits per heavy atom. The zero-order valence-electron chi connectivity index (χ0n) is 9.83. The zero-order chi connectivity index (χ0) is 13.7. The number of primary amides is 1. The van der Waals surface area contributed by atoms with Crippen molar-refractivity contribution in [3.8, 4) is 0 Å². The molecule has 1 fully saturated rings. The summed E-state index contributed by atoms with van der Waals surface area (Å²) in [7, 11) is 0. The van der Waals surface area contributed by atoms with Crippen LogP contribution in [0.5, 0.6) is 0 Å². The number of nitrogens with two attached hydrogens (primary N) is 1. The van der Waals surface area contributed by atoms with Crippen LogP contribution in [0.25, 0.3) is 0 Å². The monoisotopic (exact) mass is 259 g/mol. The van der Waals surface area contributed by atoms with Gasteiger partial charge in [0.1, 0.15) is 6.04 Å². The number of hydrogen-bond donors (Lipinski definition) is 4. The molecule has 1 saturated heterocycles. The van der Waals surface area contributed by atoms with Crippen LogP contribution >= 0.6 is 0 Å². The first-order valence-corrected chi connectivity index (χ1v) is 5.64. The maximum absolute atomic E-state index is 11.7. The molecular formula is C10H17N3O5. The molecule has 0 radical (unpaired) electrons. The summed E-state index contributed by atoms with van der Waals surface area (Å²) in [5.74, 6) is -2.12. The Kier molecular flexibility index (Phi) is 4.90. The minimum atomic E-state index is -1.34. The number of piperidine rings is 1. The van der Waals surface area contributed by atoms with Gasteiger partial charge in [0.2, 0.25) is 5.91 Å². The number of carboxylic acid groups (broad SMARTS) is 1. The van der Waals surface area contributed by atoms with E-state index in [0.29, 0.717) is 19.4 Å². The van der Waals surface area contributed by atoms with Gasteiger partial charge in [-0.05, 0) is 12.8 Å². The molecule has 0 spiro atoms. The molecule has 2 atom stereocenters. The molecule has 3 amide bonds. The van der Waals surface area contributed by atoms with E-state index in [-0.39, 0.29) is 6.54 Å². The van der Waals surface area contributed by atoms with Crippen molar-refractivity contribution < 1.29 is 24.6 Å². The van der Waals surface area contributed by atoms with E-state index in [1.807, 2.05) is 0 Å². The van der Waals surface area contributed by atoms with E-state index < -0.39 is 36.5 Å². The molecule has 0 aromatic rings. The van der Waals surface area contributed by atoms with Gasteiger partial charge in [0, 0.05) is 13.1 Å². The van der Waals surface area contributed by atoms with Gasteiger partial charge in [0.05, 0.1) is 12.5 Å². The van der Waals surface area contributed by atoms with E-state index in [9.17, 15) is 19.5 Å². The molecule has 0 saturated carbocycles. The first-order chi connectivity index (χ1) is 8.40. The highest BCUT2D eigenvalue weighted by Gasteiger charge is 2.27. The van der Waals surface area contributed by atoms with E-state index in [2.05, 4.69) is 5.32 Å². The fraction of sp³-hybridized carbons (Fsp3) is 0.700. The molecule has 8 nitrogen and oxygen atoms in total. The third kappa shape index (κ3) is 4.21. The first kappa shape index (κ1) is 14.2. The smallest absolute Gasteiger partial charge is 0.326 e. The lowest BCUT2D eigenvalue weighted by Gasteiger charge is -2.31. The van der Waals surface area contributed by atoms with Gasteiger partial charge in [0.15, 0.2) is 0 Å². The normalized spacial score (nSPS) is 21.2. The maximum atomic E-state index is 11.7. The molecule has 1 heterocycles. The van der Waals surface area contributed by atoms with E-state index in [4.69, 9.17) is 10.8 Å². The summed E-state index contributed by atoms with van der Waals surface area (Å²) in [5.41, 5.74) is 4.90. The molecule has 18 heavy (non-hydrogen) atoms. The van der Waals surface area contributed by atoms with Crippen molar-refractivity contribution >= 4 is 17.9 Å². The van der Waals surface area contributed by atoms with Crippen LogP contribution in [-0.4, -0.2) is 58.3 Å². The number of nitrogens with zero attached hydrogens (tertiary/aromatic N) is 1. The molecule has 1 rings (SSSR count). The number of carbonyl (C=O) groups excluding carboxylic acids is 2. The molecule has 1 unspecified atom stereocenters. The van der Waals surface area contributed by atoms with Crippen LogP contribution in [-0.2, 0) is 9.59 Å². The SMILES string of the molecule is NC(=O)C[C@@H](NC(=O)N1CCCC(O)C1)C(=O)O. The maximum Gasteiger partial charge on any atom is 0.326 e. The van der Waals surface area contributed by atoms with Crippen molar-refractivity contribution in [1.29, 1.82) is 0 Å². The number of amides is 3. The van der Waals surface area contributed by atoms with Gasteiger partial charge < -0.3 is 26.2 Å². The van der Waals surface area contributed by atoms with E-state index in [1.165, 1.54) is 4.90 Å². The molecule has 0 aromatic carbocycles. The Hall–Kier alpha value is -1.83. The lowest BCUT2D eigenvalue weighted by atomic mass is 10.1. The standard InChI is InChI=1S/C10H17N3O5/c11-8(15)4-7(9(16)17)12-10(18)13-3-1-2-6(14)5-13/h6-7,14H,1-5H2,(H2,11,15)(H,12,18)(H,16,17)/t6?,7-/m1/s1. The van der Waals surface area contributed by atoms with Gasteiger partial charge in [-0.2, -0.15) is 0 Å². The second kappa shape index (κ2) is 6.20. The van der Waals surface area contributed by atoms with Crippen molar-refractivity contribution in [2.24, 2.45) is 5.73 Å². The summed E-state index contributed by atoms with van der Waals surface area (Å²) in [4.78, 5) is 34.6. The highest BCUT2D eigenvalue weighted by molar-refractivity contribution is 5.87. The summed E-state index contributed by atoms with van der Waals surface area (Å²) < 4.78 is 0. The fourth-order valence-corrected chi connectivity index (χ4v) is 1.78. The molecule has 0 aromatic heterocycles. The Balaban J connectivity index is 2.54. The minimum Gasteiger partial charge on any atom is -0.480 e. The Bertz CT molecular complexity index is 346. The number of aliphatic carboxylic acids is 1. The van der Waals surface area contributed by atoms with E-state index in [0.717, 1.165) is 0 Å². The van der Waals surface area contributed by atoms with Crippen LogP contribution in [0.2, 0.25) is 0 Å². The number of aliphatic hydroxyl groups excluding tert-OH is 1. The zero-order valence-corrected chi connectivity index (χ0v) is 9.83. The predicted molar refractivity (Wildman–Crippen MR) is 60.6 cm³/mol. The second-order valence-corrected chi connectivity index (χ2v) is 4.25. The average molecular weight is 259 g/mol. The predicted octanol–water partition coefficient (Wildman–Crippen LogP) is -1.52. The topological polar surface area (TPSA) is 133 Å². The fourth-order valence-electron chi connectivity index (χ4n) is 1.78. The largest absolute Gasteiger partial charge is 0.480 e. The van der Waals surface area contributed by atoms with Crippen LogP contribution in [0.3, 0.4) is 0 Å². The van der Waals surface area contributed by atoms with Crippen LogP contribution in [0.15, 0.2) is 0 Å². The summed E-state index contributed by atoms with van der Waals surface area (Å²) in [6.45, 7) is 0.612.